The van der Waals surface area contributed by atoms with Crippen LogP contribution in [0.2, 0.25) is 0 Å². The van der Waals surface area contributed by atoms with Crippen LogP contribution in [0.3, 0.4) is 0 Å². The Kier molecular flexibility index (Phi) is 2.25. The van der Waals surface area contributed by atoms with Crippen molar-refractivity contribution in [3.63, 3.8) is 0 Å². The van der Waals surface area contributed by atoms with Gasteiger partial charge >= 0.3 is 5.97 Å². The predicted molar refractivity (Wildman–Crippen MR) is 75.1 cm³/mol. The number of esters is 1. The number of carbonyl (C=O) groups is 2. The molecule has 4 aliphatic rings. The maximum atomic E-state index is 12.6. The minimum atomic E-state index is -0.809. The summed E-state index contributed by atoms with van der Waals surface area (Å²) in [5, 5.41) is 0. The zero-order valence-corrected chi connectivity index (χ0v) is 12.6. The Morgan fingerprint density at radius 1 is 1.24 bits per heavy atom. The lowest BCUT2D eigenvalue weighted by atomic mass is 9.66. The molecule has 112 valence electrons. The van der Waals surface area contributed by atoms with E-state index < -0.39 is 10.8 Å². The third-order valence-corrected chi connectivity index (χ3v) is 6.30. The first-order valence-corrected chi connectivity index (χ1v) is 7.62. The fourth-order valence-corrected chi connectivity index (χ4v) is 4.96. The minimum Gasteiger partial charge on any atom is -0.492 e. The van der Waals surface area contributed by atoms with Crippen molar-refractivity contribution in [3.8, 4) is 0 Å². The van der Waals surface area contributed by atoms with Crippen molar-refractivity contribution in [2.75, 3.05) is 0 Å². The molecule has 2 aliphatic heterocycles. The molecule has 4 rings (SSSR count). The molecule has 4 heteroatoms. The number of ketones is 1. The van der Waals surface area contributed by atoms with Crippen LogP contribution in [-0.2, 0) is 19.1 Å². The summed E-state index contributed by atoms with van der Waals surface area (Å²) in [6, 6.07) is 0. The standard InChI is InChI=1S/C17H20O4/c1-8-7-11-13-14(17(4)10(8)5-6-12(17)18)20-9(2)16(13,3)15(19)21-11/h5,8,11,13-14H,2,6-7H2,1,3-4H3/t8-,11+,13-,14-,16+,17+/m1/s1. The van der Waals surface area contributed by atoms with Gasteiger partial charge < -0.3 is 9.47 Å². The van der Waals surface area contributed by atoms with Gasteiger partial charge in [0, 0.05) is 6.42 Å². The highest BCUT2D eigenvalue weighted by molar-refractivity contribution is 5.94. The van der Waals surface area contributed by atoms with Crippen molar-refractivity contribution >= 4 is 11.8 Å². The number of rotatable bonds is 0. The first kappa shape index (κ1) is 13.1. The van der Waals surface area contributed by atoms with E-state index in [4.69, 9.17) is 9.47 Å². The maximum Gasteiger partial charge on any atom is 0.320 e. The summed E-state index contributed by atoms with van der Waals surface area (Å²) in [5.74, 6) is 0.506. The van der Waals surface area contributed by atoms with Gasteiger partial charge in [-0.3, -0.25) is 9.59 Å². The van der Waals surface area contributed by atoms with Gasteiger partial charge in [0.25, 0.3) is 0 Å². The highest BCUT2D eigenvalue weighted by atomic mass is 16.6. The van der Waals surface area contributed by atoms with Crippen LogP contribution in [0.15, 0.2) is 24.0 Å². The molecule has 0 amide bonds. The van der Waals surface area contributed by atoms with Crippen molar-refractivity contribution in [2.45, 2.75) is 45.8 Å². The van der Waals surface area contributed by atoms with E-state index in [0.717, 1.165) is 12.0 Å². The highest BCUT2D eigenvalue weighted by Gasteiger charge is 2.71. The second kappa shape index (κ2) is 3.60. The highest BCUT2D eigenvalue weighted by Crippen LogP contribution is 2.63. The normalized spacial score (nSPS) is 51.0. The molecule has 4 nitrogen and oxygen atoms in total. The summed E-state index contributed by atoms with van der Waals surface area (Å²) in [6.07, 6.45) is 2.76. The maximum absolute atomic E-state index is 12.6. The van der Waals surface area contributed by atoms with Crippen molar-refractivity contribution in [3.05, 3.63) is 24.0 Å². The van der Waals surface area contributed by atoms with Gasteiger partial charge in [0.05, 0.1) is 11.3 Å². The summed E-state index contributed by atoms with van der Waals surface area (Å²) >= 11 is 0. The molecule has 0 bridgehead atoms. The van der Waals surface area contributed by atoms with Crippen molar-refractivity contribution in [1.82, 2.24) is 0 Å². The number of Topliss-reactive ketones (excluding diaryl/α,β-unsaturated/α-hetero) is 1. The monoisotopic (exact) mass is 288 g/mol. The average Bonchev–Trinajstić information content (AvgIpc) is 2.93. The van der Waals surface area contributed by atoms with Crippen LogP contribution in [-0.4, -0.2) is 24.0 Å². The molecule has 0 aromatic carbocycles. The van der Waals surface area contributed by atoms with Gasteiger partial charge in [0.15, 0.2) is 0 Å². The molecule has 0 N–H and O–H groups in total. The quantitative estimate of drug-likeness (QED) is 0.507. The number of carbonyl (C=O) groups excluding carboxylic acids is 2. The van der Waals surface area contributed by atoms with Crippen molar-refractivity contribution in [1.29, 1.82) is 0 Å². The molecule has 3 fully saturated rings. The van der Waals surface area contributed by atoms with Crippen molar-refractivity contribution < 1.29 is 19.1 Å². The van der Waals surface area contributed by atoms with Crippen LogP contribution in [0.5, 0.6) is 0 Å². The summed E-state index contributed by atoms with van der Waals surface area (Å²) in [6.45, 7) is 9.88. The number of fused-ring (bicyclic) bond motifs is 2. The van der Waals surface area contributed by atoms with E-state index in [1.807, 2.05) is 13.8 Å². The lowest BCUT2D eigenvalue weighted by Gasteiger charge is -2.34. The van der Waals surface area contributed by atoms with Crippen molar-refractivity contribution in [2.24, 2.45) is 22.7 Å². The molecule has 2 aliphatic carbocycles. The smallest absolute Gasteiger partial charge is 0.320 e. The molecular weight excluding hydrogens is 268 g/mol. The number of allylic oxidation sites excluding steroid dienone is 1. The molecule has 0 aromatic heterocycles. The molecular formula is C17H20O4. The average molecular weight is 288 g/mol. The zero-order valence-electron chi connectivity index (χ0n) is 12.6. The van der Waals surface area contributed by atoms with Gasteiger partial charge in [0.1, 0.15) is 29.2 Å². The second-order valence-electron chi connectivity index (χ2n) is 7.26. The van der Waals surface area contributed by atoms with E-state index in [1.54, 1.807) is 0 Å². The molecule has 21 heavy (non-hydrogen) atoms. The van der Waals surface area contributed by atoms with Crippen LogP contribution < -0.4 is 0 Å². The Balaban J connectivity index is 1.92. The van der Waals surface area contributed by atoms with E-state index in [-0.39, 0.29) is 35.8 Å². The Morgan fingerprint density at radius 2 is 1.95 bits per heavy atom. The zero-order chi connectivity index (χ0) is 15.2. The first-order valence-electron chi connectivity index (χ1n) is 7.62. The third kappa shape index (κ3) is 1.23. The topological polar surface area (TPSA) is 52.6 Å². The van der Waals surface area contributed by atoms with Crippen LogP contribution in [0, 0.1) is 22.7 Å². The summed E-state index contributed by atoms with van der Waals surface area (Å²) < 4.78 is 11.7. The van der Waals surface area contributed by atoms with Crippen LogP contribution in [0.1, 0.15) is 33.6 Å². The Bertz CT molecular complexity index is 618. The van der Waals surface area contributed by atoms with E-state index in [0.29, 0.717) is 12.2 Å². The molecule has 0 unspecified atom stereocenters. The number of hydrogen-bond acceptors (Lipinski definition) is 4. The SMILES string of the molecule is C=C1O[C@@H]2[C@H]3[C@H](C[C@@H](C)C4=CCC(=O)[C@]42C)OC(=O)[C@@]13C. The van der Waals surface area contributed by atoms with Gasteiger partial charge in [-0.2, -0.15) is 0 Å². The molecule has 2 saturated heterocycles. The Morgan fingerprint density at radius 3 is 2.67 bits per heavy atom. The predicted octanol–water partition coefficient (Wildman–Crippen LogP) is 2.39. The molecule has 6 atom stereocenters. The van der Waals surface area contributed by atoms with Gasteiger partial charge in [-0.25, -0.2) is 0 Å². The molecule has 0 radical (unpaired) electrons. The summed E-state index contributed by atoms with van der Waals surface area (Å²) in [4.78, 5) is 25.0. The lowest BCUT2D eigenvalue weighted by molar-refractivity contribution is -0.148. The van der Waals surface area contributed by atoms with E-state index in [2.05, 4.69) is 19.6 Å². The largest absolute Gasteiger partial charge is 0.492 e. The summed E-state index contributed by atoms with van der Waals surface area (Å²) in [7, 11) is 0. The van der Waals surface area contributed by atoms with E-state index in [1.165, 1.54) is 0 Å². The Hall–Kier alpha value is -1.58. The van der Waals surface area contributed by atoms with E-state index >= 15 is 0 Å². The first-order chi connectivity index (χ1) is 9.81. The molecule has 2 heterocycles. The molecule has 0 aromatic rings. The summed E-state index contributed by atoms with van der Waals surface area (Å²) in [5.41, 5.74) is -0.302. The fourth-order valence-electron chi connectivity index (χ4n) is 4.96. The fraction of sp³-hybridized carbons (Fsp3) is 0.647. The second-order valence-corrected chi connectivity index (χ2v) is 7.26. The van der Waals surface area contributed by atoms with Crippen LogP contribution in [0.4, 0.5) is 0 Å². The molecule has 1 saturated carbocycles. The third-order valence-electron chi connectivity index (χ3n) is 6.30. The molecule has 0 spiro atoms. The van der Waals surface area contributed by atoms with Gasteiger partial charge in [-0.1, -0.05) is 25.2 Å². The van der Waals surface area contributed by atoms with Gasteiger partial charge in [-0.05, 0) is 26.2 Å². The number of hydrogen-bond donors (Lipinski definition) is 0. The number of ether oxygens (including phenoxy) is 2. The minimum absolute atomic E-state index is 0.113. The van der Waals surface area contributed by atoms with Crippen LogP contribution >= 0.6 is 0 Å². The lowest BCUT2D eigenvalue weighted by Crippen LogP contribution is -2.44. The van der Waals surface area contributed by atoms with Gasteiger partial charge in [0.2, 0.25) is 0 Å². The van der Waals surface area contributed by atoms with Crippen LogP contribution in [0.25, 0.3) is 0 Å². The Labute approximate surface area is 124 Å². The van der Waals surface area contributed by atoms with E-state index in [9.17, 15) is 9.59 Å². The van der Waals surface area contributed by atoms with Gasteiger partial charge in [-0.15, -0.1) is 0 Å².